The number of nitrogens with zero attached hydrogens (tertiary/aromatic N) is 5. The van der Waals surface area contributed by atoms with Gasteiger partial charge in [0.1, 0.15) is 0 Å². The minimum absolute atomic E-state index is 0.760. The Balaban J connectivity index is 1.67. The standard InChI is InChI=1S/C21H16BrN5/c1-20(24-14-7-3-4-8-15(14)25-20)18-11-13(22)12-19(23-18)21(2)26-16-9-5-6-10-17(16)27-21/h3-12H,1-2H3. The Morgan fingerprint density at radius 1 is 0.630 bits per heavy atom. The molecule has 2 aliphatic rings. The average Bonchev–Trinajstić information content (AvgIpc) is 3.18. The normalized spacial score (nSPS) is 17.7. The molecule has 2 aliphatic heterocycles. The van der Waals surface area contributed by atoms with Crippen molar-refractivity contribution in [3.63, 3.8) is 0 Å². The molecule has 0 saturated carbocycles. The van der Waals surface area contributed by atoms with Crippen LogP contribution in [0.15, 0.2) is 85.1 Å². The Labute approximate surface area is 164 Å². The molecule has 27 heavy (non-hydrogen) atoms. The molecular weight excluding hydrogens is 402 g/mol. The van der Waals surface area contributed by atoms with Gasteiger partial charge in [0, 0.05) is 4.47 Å². The zero-order valence-electron chi connectivity index (χ0n) is 14.9. The highest BCUT2D eigenvalue weighted by Crippen LogP contribution is 2.33. The molecule has 5 nitrogen and oxygen atoms in total. The van der Waals surface area contributed by atoms with E-state index in [4.69, 9.17) is 25.0 Å². The van der Waals surface area contributed by atoms with Gasteiger partial charge in [-0.25, -0.2) is 25.0 Å². The maximum Gasteiger partial charge on any atom is 0.191 e. The van der Waals surface area contributed by atoms with Crippen LogP contribution in [0.2, 0.25) is 0 Å². The largest absolute Gasteiger partial charge is 0.249 e. The first kappa shape index (κ1) is 16.4. The first-order valence-corrected chi connectivity index (χ1v) is 9.53. The number of pyridine rings is 1. The first-order chi connectivity index (χ1) is 13.0. The summed E-state index contributed by atoms with van der Waals surface area (Å²) < 4.78 is 0.910. The van der Waals surface area contributed by atoms with Crippen molar-refractivity contribution in [2.24, 2.45) is 20.0 Å². The van der Waals surface area contributed by atoms with E-state index in [1.165, 1.54) is 0 Å². The van der Waals surface area contributed by atoms with Gasteiger partial charge in [0.05, 0.1) is 32.8 Å². The van der Waals surface area contributed by atoms with Gasteiger partial charge in [0.15, 0.2) is 11.3 Å². The molecule has 0 aliphatic carbocycles. The van der Waals surface area contributed by atoms with Gasteiger partial charge in [-0.1, -0.05) is 40.2 Å². The van der Waals surface area contributed by atoms with E-state index in [1.54, 1.807) is 0 Å². The molecule has 0 amide bonds. The van der Waals surface area contributed by atoms with Crippen molar-refractivity contribution in [3.8, 4) is 0 Å². The van der Waals surface area contributed by atoms with Gasteiger partial charge >= 0.3 is 0 Å². The van der Waals surface area contributed by atoms with Crippen molar-refractivity contribution in [1.29, 1.82) is 0 Å². The van der Waals surface area contributed by atoms with Crippen molar-refractivity contribution in [1.82, 2.24) is 4.98 Å². The fourth-order valence-electron chi connectivity index (χ4n) is 3.51. The summed E-state index contributed by atoms with van der Waals surface area (Å²) >= 11 is 3.62. The van der Waals surface area contributed by atoms with Crippen LogP contribution < -0.4 is 21.4 Å². The number of para-hydroxylation sites is 4. The van der Waals surface area contributed by atoms with E-state index < -0.39 is 11.3 Å². The number of aromatic nitrogens is 1. The predicted molar refractivity (Wildman–Crippen MR) is 104 cm³/mol. The van der Waals surface area contributed by atoms with Gasteiger partial charge in [-0.2, -0.15) is 0 Å². The van der Waals surface area contributed by atoms with E-state index >= 15 is 0 Å². The van der Waals surface area contributed by atoms with Gasteiger partial charge < -0.3 is 0 Å². The molecular formula is C21H16BrN5. The second-order valence-electron chi connectivity index (χ2n) is 7.02. The predicted octanol–water partition coefficient (Wildman–Crippen LogP) is 2.10. The van der Waals surface area contributed by atoms with Gasteiger partial charge in [0.25, 0.3) is 0 Å². The minimum Gasteiger partial charge on any atom is -0.249 e. The molecule has 5 rings (SSSR count). The number of halogens is 1. The third-order valence-corrected chi connectivity index (χ3v) is 5.33. The van der Waals surface area contributed by atoms with Crippen LogP contribution in [0.4, 0.5) is 0 Å². The molecule has 0 fully saturated rings. The van der Waals surface area contributed by atoms with Gasteiger partial charge in [0.2, 0.25) is 0 Å². The molecule has 6 heteroatoms. The molecule has 1 aromatic heterocycles. The lowest BCUT2D eigenvalue weighted by Gasteiger charge is -2.22. The number of fused-ring (bicyclic) bond motifs is 2. The fourth-order valence-corrected chi connectivity index (χ4v) is 3.94. The Morgan fingerprint density at radius 3 is 1.30 bits per heavy atom. The number of hydrogen-bond acceptors (Lipinski definition) is 5. The van der Waals surface area contributed by atoms with Crippen molar-refractivity contribution < 1.29 is 0 Å². The highest BCUT2D eigenvalue weighted by atomic mass is 79.9. The van der Waals surface area contributed by atoms with E-state index in [-0.39, 0.29) is 0 Å². The first-order valence-electron chi connectivity index (χ1n) is 8.73. The van der Waals surface area contributed by atoms with Crippen molar-refractivity contribution in [2.45, 2.75) is 25.2 Å². The molecule has 2 aromatic carbocycles. The monoisotopic (exact) mass is 417 g/mol. The molecule has 0 spiro atoms. The zero-order valence-corrected chi connectivity index (χ0v) is 16.5. The second-order valence-corrected chi connectivity index (χ2v) is 7.94. The summed E-state index contributed by atoms with van der Waals surface area (Å²) in [6, 6.07) is 19.7. The lowest BCUT2D eigenvalue weighted by atomic mass is 10.1. The Kier molecular flexibility index (Phi) is 3.43. The molecule has 3 heterocycles. The lowest BCUT2D eigenvalue weighted by Crippen LogP contribution is -2.23. The van der Waals surface area contributed by atoms with Crippen LogP contribution in [0, 0.1) is 0 Å². The van der Waals surface area contributed by atoms with E-state index in [9.17, 15) is 0 Å². The maximum atomic E-state index is 4.90. The van der Waals surface area contributed by atoms with E-state index in [0.717, 1.165) is 37.3 Å². The quantitative estimate of drug-likeness (QED) is 0.629. The van der Waals surface area contributed by atoms with Crippen LogP contribution in [0.25, 0.3) is 0 Å². The van der Waals surface area contributed by atoms with Crippen LogP contribution >= 0.6 is 15.9 Å². The highest BCUT2D eigenvalue weighted by Gasteiger charge is 2.34. The molecule has 0 atom stereocenters. The topological polar surface area (TPSA) is 62.3 Å². The molecule has 3 aromatic rings. The highest BCUT2D eigenvalue weighted by molar-refractivity contribution is 9.10. The van der Waals surface area contributed by atoms with Crippen LogP contribution in [0.3, 0.4) is 0 Å². The van der Waals surface area contributed by atoms with Gasteiger partial charge in [-0.3, -0.25) is 0 Å². The van der Waals surface area contributed by atoms with Gasteiger partial charge in [-0.15, -0.1) is 0 Å². The van der Waals surface area contributed by atoms with Crippen LogP contribution in [-0.4, -0.2) is 4.98 Å². The zero-order chi connectivity index (χ0) is 18.6. The summed E-state index contributed by atoms with van der Waals surface area (Å²) in [7, 11) is 0. The molecule has 0 N–H and O–H groups in total. The van der Waals surface area contributed by atoms with Crippen molar-refractivity contribution in [3.05, 3.63) is 98.0 Å². The smallest absolute Gasteiger partial charge is 0.191 e. The van der Waals surface area contributed by atoms with Crippen LogP contribution in [0.5, 0.6) is 0 Å². The van der Waals surface area contributed by atoms with E-state index in [2.05, 4.69) is 15.9 Å². The molecule has 0 radical (unpaired) electrons. The molecule has 0 bridgehead atoms. The Hall–Kier alpha value is -2.73. The third-order valence-electron chi connectivity index (χ3n) is 4.88. The fraction of sp³-hybridized carbons (Fsp3) is 0.190. The number of hydrogen-bond donors (Lipinski definition) is 0. The maximum absolute atomic E-state index is 4.90. The number of benzene rings is 2. The number of rotatable bonds is 2. The summed E-state index contributed by atoms with van der Waals surface area (Å²) in [5, 5.41) is 3.55. The Bertz CT molecular complexity index is 1160. The van der Waals surface area contributed by atoms with Gasteiger partial charge in [-0.05, 0) is 50.2 Å². The summed E-state index contributed by atoms with van der Waals surface area (Å²) in [6.45, 7) is 3.96. The average molecular weight is 418 g/mol. The minimum atomic E-state index is -0.760. The lowest BCUT2D eigenvalue weighted by molar-refractivity contribution is 0.472. The SMILES string of the molecule is CC1(c2cc(Br)cc(C3(C)N=c4ccccc4=N3)n2)N=c2ccccc2=N1. The van der Waals surface area contributed by atoms with E-state index in [1.807, 2.05) is 74.5 Å². The Morgan fingerprint density at radius 2 is 0.963 bits per heavy atom. The summed E-state index contributed by atoms with van der Waals surface area (Å²) in [5.74, 6) is 0. The van der Waals surface area contributed by atoms with Crippen molar-refractivity contribution >= 4 is 15.9 Å². The second kappa shape index (κ2) is 5.63. The van der Waals surface area contributed by atoms with Crippen LogP contribution in [-0.2, 0) is 11.3 Å². The molecule has 132 valence electrons. The summed E-state index contributed by atoms with van der Waals surface area (Å²) in [4.78, 5) is 24.2. The summed E-state index contributed by atoms with van der Waals surface area (Å²) in [6.07, 6.45) is 0. The summed E-state index contributed by atoms with van der Waals surface area (Å²) in [5.41, 5.74) is 0.0185. The third kappa shape index (κ3) is 2.63. The van der Waals surface area contributed by atoms with Crippen molar-refractivity contribution in [2.75, 3.05) is 0 Å². The molecule has 0 unspecified atom stereocenters. The molecule has 0 saturated heterocycles. The van der Waals surface area contributed by atoms with Crippen LogP contribution in [0.1, 0.15) is 25.2 Å². The van der Waals surface area contributed by atoms with E-state index in [0.29, 0.717) is 0 Å².